The predicted molar refractivity (Wildman–Crippen MR) is 113 cm³/mol. The zero-order valence-electron chi connectivity index (χ0n) is 20.1. The van der Waals surface area contributed by atoms with E-state index in [4.69, 9.17) is 43.7 Å². The van der Waals surface area contributed by atoms with E-state index in [9.17, 15) is 18.5 Å². The van der Waals surface area contributed by atoms with Crippen molar-refractivity contribution in [2.24, 2.45) is 0 Å². The number of phosphoric ester groups is 1. The van der Waals surface area contributed by atoms with Gasteiger partial charge in [-0.1, -0.05) is 5.92 Å². The van der Waals surface area contributed by atoms with E-state index in [1.54, 1.807) is 34.6 Å². The summed E-state index contributed by atoms with van der Waals surface area (Å²) in [5.41, 5.74) is -3.23. The molecule has 0 amide bonds. The lowest BCUT2D eigenvalue weighted by Crippen LogP contribution is -2.52. The molecule has 15 heteroatoms. The molecule has 2 heterocycles. The molecule has 0 aliphatic carbocycles. The molecule has 0 aromatic heterocycles. The number of carbonyl (C=O) groups excluding carboxylic acids is 2. The van der Waals surface area contributed by atoms with Crippen LogP contribution in [-0.2, 0) is 51.3 Å². The van der Waals surface area contributed by atoms with Crippen LogP contribution in [0.1, 0.15) is 34.6 Å². The molecule has 2 rings (SSSR count). The first-order chi connectivity index (χ1) is 16.4. The Morgan fingerprint density at radius 2 is 1.63 bits per heavy atom. The predicted octanol–water partition coefficient (Wildman–Crippen LogP) is 3.05. The van der Waals surface area contributed by atoms with E-state index >= 15 is 0 Å². The lowest BCUT2D eigenvalue weighted by Gasteiger charge is -2.31. The number of hydrogen-bond acceptors (Lipinski definition) is 13. The smallest absolute Gasteiger partial charge is 0.432 e. The fourth-order valence-electron chi connectivity index (χ4n) is 3.29. The SMILES string of the molecule is C#C[C@@]12OCO[C@@H]1[C@@](CF)(COP(=O)(OCOC(=O)OC(C)C)OCOC(=O)OC(C)C)O[C@H]2C. The van der Waals surface area contributed by atoms with Gasteiger partial charge in [0, 0.05) is 0 Å². The second-order valence-corrected chi connectivity index (χ2v) is 9.71. The molecular weight excluding hydrogens is 498 g/mol. The largest absolute Gasteiger partial charge is 0.510 e. The van der Waals surface area contributed by atoms with Crippen LogP contribution in [-0.4, -0.2) is 81.6 Å². The normalized spacial score (nSPS) is 28.0. The molecule has 0 aromatic rings. The Morgan fingerprint density at radius 3 is 2.09 bits per heavy atom. The molecule has 0 saturated carbocycles. The van der Waals surface area contributed by atoms with Gasteiger partial charge in [0.1, 0.15) is 19.6 Å². The molecule has 0 spiro atoms. The van der Waals surface area contributed by atoms with Crippen molar-refractivity contribution >= 4 is 20.1 Å². The molecular formula is C20H30FO13P. The van der Waals surface area contributed by atoms with Crippen molar-refractivity contribution in [3.63, 3.8) is 0 Å². The number of hydrogen-bond donors (Lipinski definition) is 0. The van der Waals surface area contributed by atoms with E-state index in [1.165, 1.54) is 0 Å². The number of carbonyl (C=O) groups is 2. The van der Waals surface area contributed by atoms with Crippen molar-refractivity contribution in [2.75, 3.05) is 33.7 Å². The highest BCUT2D eigenvalue weighted by molar-refractivity contribution is 7.48. The van der Waals surface area contributed by atoms with Crippen LogP contribution in [0, 0.1) is 12.3 Å². The number of fused-ring (bicyclic) bond motifs is 1. The van der Waals surface area contributed by atoms with E-state index in [0.29, 0.717) is 0 Å². The Labute approximate surface area is 202 Å². The van der Waals surface area contributed by atoms with Gasteiger partial charge in [-0.05, 0) is 34.6 Å². The first-order valence-electron chi connectivity index (χ1n) is 10.6. The average molecular weight is 528 g/mol. The fraction of sp³-hybridized carbons (Fsp3) is 0.800. The van der Waals surface area contributed by atoms with Gasteiger partial charge in [-0.25, -0.2) is 27.6 Å². The van der Waals surface area contributed by atoms with Gasteiger partial charge in [-0.3, -0.25) is 4.52 Å². The summed E-state index contributed by atoms with van der Waals surface area (Å²) in [6.07, 6.45) is 0.468. The molecule has 200 valence electrons. The molecule has 0 N–H and O–H groups in total. The minimum Gasteiger partial charge on any atom is -0.432 e. The monoisotopic (exact) mass is 528 g/mol. The molecule has 13 nitrogen and oxygen atoms in total. The van der Waals surface area contributed by atoms with Crippen molar-refractivity contribution in [3.05, 3.63) is 0 Å². The van der Waals surface area contributed by atoms with Gasteiger partial charge in [-0.2, -0.15) is 0 Å². The number of terminal acetylenes is 1. The lowest BCUT2D eigenvalue weighted by molar-refractivity contribution is -0.152. The van der Waals surface area contributed by atoms with Crippen molar-refractivity contribution in [2.45, 2.75) is 70.2 Å². The van der Waals surface area contributed by atoms with Crippen LogP contribution in [0.3, 0.4) is 0 Å². The van der Waals surface area contributed by atoms with E-state index in [2.05, 4.69) is 15.4 Å². The highest BCUT2D eigenvalue weighted by Crippen LogP contribution is 2.53. The standard InChI is InChI=1S/C20H30FO13P/c1-7-20-15(6)34-19(8-21,16(20)25-10-28-20)9-29-35(24,30-11-26-17(22)32-13(2)3)31-12-27-18(23)33-14(4)5/h1,13-16H,8-12H2,2-6H3/t15-,16+,19+,20-/m0/s1. The maximum Gasteiger partial charge on any atom is 0.510 e. The average Bonchev–Trinajstić information content (AvgIpc) is 3.30. The van der Waals surface area contributed by atoms with Crippen molar-refractivity contribution in [1.82, 2.24) is 0 Å². The molecule has 0 bridgehead atoms. The molecule has 2 aliphatic heterocycles. The summed E-state index contributed by atoms with van der Waals surface area (Å²) >= 11 is 0. The van der Waals surface area contributed by atoms with Gasteiger partial charge in [0.15, 0.2) is 11.2 Å². The summed E-state index contributed by atoms with van der Waals surface area (Å²) in [5, 5.41) is 0. The summed E-state index contributed by atoms with van der Waals surface area (Å²) in [6.45, 7) is 3.90. The number of rotatable bonds is 12. The molecule has 0 aromatic carbocycles. The molecule has 35 heavy (non-hydrogen) atoms. The van der Waals surface area contributed by atoms with Gasteiger partial charge in [0.05, 0.1) is 24.9 Å². The third-order valence-corrected chi connectivity index (χ3v) is 6.06. The van der Waals surface area contributed by atoms with E-state index in [1.807, 2.05) is 0 Å². The molecule has 2 aliphatic rings. The van der Waals surface area contributed by atoms with E-state index in [-0.39, 0.29) is 6.79 Å². The van der Waals surface area contributed by atoms with Crippen molar-refractivity contribution < 1.29 is 65.3 Å². The third kappa shape index (κ3) is 7.27. The van der Waals surface area contributed by atoms with Crippen LogP contribution in [0.4, 0.5) is 14.0 Å². The number of phosphoric acid groups is 1. The molecule has 2 saturated heterocycles. The molecule has 0 radical (unpaired) electrons. The quantitative estimate of drug-likeness (QED) is 0.159. The zero-order valence-corrected chi connectivity index (χ0v) is 20.9. The van der Waals surface area contributed by atoms with Gasteiger partial charge in [0.25, 0.3) is 0 Å². The van der Waals surface area contributed by atoms with Crippen LogP contribution in [0.2, 0.25) is 0 Å². The molecule has 4 atom stereocenters. The van der Waals surface area contributed by atoms with Crippen LogP contribution >= 0.6 is 7.82 Å². The highest BCUT2D eigenvalue weighted by atomic mass is 31.2. The Kier molecular flexibility index (Phi) is 10.3. The van der Waals surface area contributed by atoms with Crippen molar-refractivity contribution in [1.29, 1.82) is 0 Å². The Hall–Kier alpha value is -1.98. The minimum atomic E-state index is -4.66. The molecule has 2 fully saturated rings. The molecule has 0 unspecified atom stereocenters. The zero-order chi connectivity index (χ0) is 26.3. The Morgan fingerprint density at radius 1 is 1.09 bits per heavy atom. The summed E-state index contributed by atoms with van der Waals surface area (Å²) in [5.74, 6) is 2.43. The number of alkyl halides is 1. The topological polar surface area (TPSA) is 144 Å². The van der Waals surface area contributed by atoms with Gasteiger partial charge < -0.3 is 33.2 Å². The first kappa shape index (κ1) is 29.3. The van der Waals surface area contributed by atoms with Gasteiger partial charge in [-0.15, -0.1) is 6.42 Å². The van der Waals surface area contributed by atoms with Crippen LogP contribution in [0.5, 0.6) is 0 Å². The summed E-state index contributed by atoms with van der Waals surface area (Å²) in [7, 11) is -4.66. The van der Waals surface area contributed by atoms with Crippen molar-refractivity contribution in [3.8, 4) is 12.3 Å². The van der Waals surface area contributed by atoms with Gasteiger partial charge in [0.2, 0.25) is 13.6 Å². The first-order valence-corrected chi connectivity index (χ1v) is 12.1. The summed E-state index contributed by atoms with van der Waals surface area (Å²) in [4.78, 5) is 23.1. The van der Waals surface area contributed by atoms with Crippen LogP contribution < -0.4 is 0 Å². The van der Waals surface area contributed by atoms with Crippen LogP contribution in [0.15, 0.2) is 0 Å². The van der Waals surface area contributed by atoms with E-state index < -0.39 is 82.6 Å². The summed E-state index contributed by atoms with van der Waals surface area (Å²) < 4.78 is 78.0. The summed E-state index contributed by atoms with van der Waals surface area (Å²) in [6, 6.07) is 0. The maximum absolute atomic E-state index is 14.3. The van der Waals surface area contributed by atoms with Gasteiger partial charge >= 0.3 is 20.1 Å². The third-order valence-electron chi connectivity index (χ3n) is 4.77. The Balaban J connectivity index is 2.08. The van der Waals surface area contributed by atoms with E-state index in [0.717, 1.165) is 0 Å². The number of ether oxygens (including phenoxy) is 7. The highest BCUT2D eigenvalue weighted by Gasteiger charge is 2.67. The minimum absolute atomic E-state index is 0.216. The fourth-order valence-corrected chi connectivity index (χ4v) is 4.25. The van der Waals surface area contributed by atoms with Crippen LogP contribution in [0.25, 0.3) is 0 Å². The second-order valence-electron chi connectivity index (χ2n) is 8.04. The second kappa shape index (κ2) is 12.3. The Bertz CT molecular complexity index is 798. The lowest BCUT2D eigenvalue weighted by atomic mass is 9.86. The number of halogens is 1. The maximum atomic E-state index is 14.3.